The minimum Gasteiger partial charge on any atom is -0.377 e. The van der Waals surface area contributed by atoms with Crippen molar-refractivity contribution < 1.29 is 9.53 Å². The molecular weight excluding hydrogens is 302 g/mol. The second-order valence-corrected chi connectivity index (χ2v) is 6.73. The summed E-state index contributed by atoms with van der Waals surface area (Å²) < 4.78 is 7.68. The Morgan fingerprint density at radius 2 is 1.96 bits per heavy atom. The molecule has 5 heteroatoms. The monoisotopic (exact) mass is 325 g/mol. The summed E-state index contributed by atoms with van der Waals surface area (Å²) in [6.07, 6.45) is 2.06. The molecular formula is C19H23N3O2. The van der Waals surface area contributed by atoms with Crippen LogP contribution >= 0.6 is 0 Å². The maximum Gasteiger partial charge on any atom is 0.226 e. The van der Waals surface area contributed by atoms with Crippen molar-refractivity contribution >= 4 is 5.91 Å². The number of nitrogens with zero attached hydrogens (tertiary/aromatic N) is 3. The second-order valence-electron chi connectivity index (χ2n) is 6.73. The van der Waals surface area contributed by atoms with E-state index in [9.17, 15) is 4.79 Å². The quantitative estimate of drug-likeness (QED) is 0.872. The van der Waals surface area contributed by atoms with Gasteiger partial charge in [0.05, 0.1) is 30.6 Å². The van der Waals surface area contributed by atoms with Gasteiger partial charge in [-0.2, -0.15) is 5.10 Å². The van der Waals surface area contributed by atoms with Crippen molar-refractivity contribution in [3.8, 4) is 5.69 Å². The Morgan fingerprint density at radius 3 is 2.67 bits per heavy atom. The first-order chi connectivity index (χ1) is 11.7. The topological polar surface area (TPSA) is 47.4 Å². The molecule has 1 saturated carbocycles. The molecule has 1 atom stereocenters. The fourth-order valence-electron chi connectivity index (χ4n) is 3.63. The standard InChI is InChI=1S/C19H23N3O2/c1-13-18(14(2)22(20-13)16-6-4-3-5-7-16)17-12-24-11-10-21(17)19(23)15-8-9-15/h3-7,15,17H,8-12H2,1-2H3/t17-/m1/s1. The van der Waals surface area contributed by atoms with Crippen LogP contribution in [0.5, 0.6) is 0 Å². The first-order valence-corrected chi connectivity index (χ1v) is 8.66. The first kappa shape index (κ1) is 15.4. The van der Waals surface area contributed by atoms with Gasteiger partial charge in [0.2, 0.25) is 5.91 Å². The molecule has 2 aliphatic rings. The number of aryl methyl sites for hydroxylation is 1. The predicted molar refractivity (Wildman–Crippen MR) is 91.0 cm³/mol. The lowest BCUT2D eigenvalue weighted by Crippen LogP contribution is -2.44. The molecule has 5 nitrogen and oxygen atoms in total. The Balaban J connectivity index is 1.72. The fraction of sp³-hybridized carbons (Fsp3) is 0.474. The number of carbonyl (C=O) groups is 1. The maximum atomic E-state index is 12.7. The van der Waals surface area contributed by atoms with Crippen LogP contribution in [0.1, 0.15) is 35.8 Å². The number of hydrogen-bond acceptors (Lipinski definition) is 3. The van der Waals surface area contributed by atoms with Crippen molar-refractivity contribution in [1.82, 2.24) is 14.7 Å². The minimum atomic E-state index is -0.0238. The summed E-state index contributed by atoms with van der Waals surface area (Å²) in [5.41, 5.74) is 4.23. The highest BCUT2D eigenvalue weighted by molar-refractivity contribution is 5.81. The lowest BCUT2D eigenvalue weighted by Gasteiger charge is -2.36. The molecule has 1 aromatic carbocycles. The van der Waals surface area contributed by atoms with Crippen LogP contribution in [0.2, 0.25) is 0 Å². The van der Waals surface area contributed by atoms with Gasteiger partial charge in [-0.25, -0.2) is 4.68 Å². The fourth-order valence-corrected chi connectivity index (χ4v) is 3.63. The van der Waals surface area contributed by atoms with Crippen LogP contribution in [0.15, 0.2) is 30.3 Å². The highest BCUT2D eigenvalue weighted by Crippen LogP contribution is 2.37. The number of hydrogen-bond donors (Lipinski definition) is 0. The summed E-state index contributed by atoms with van der Waals surface area (Å²) in [4.78, 5) is 14.7. The Labute approximate surface area is 142 Å². The summed E-state index contributed by atoms with van der Waals surface area (Å²) in [7, 11) is 0. The molecule has 2 aromatic rings. The summed E-state index contributed by atoms with van der Waals surface area (Å²) in [6, 6.07) is 10.1. The molecule has 126 valence electrons. The van der Waals surface area contributed by atoms with Crippen molar-refractivity contribution in [3.63, 3.8) is 0 Å². The minimum absolute atomic E-state index is 0.0238. The van der Waals surface area contributed by atoms with E-state index in [2.05, 4.69) is 6.92 Å². The first-order valence-electron chi connectivity index (χ1n) is 8.66. The molecule has 1 aliphatic heterocycles. The van der Waals surface area contributed by atoms with E-state index in [4.69, 9.17) is 9.84 Å². The zero-order valence-electron chi connectivity index (χ0n) is 14.2. The zero-order chi connectivity index (χ0) is 16.7. The second kappa shape index (κ2) is 6.06. The molecule has 1 saturated heterocycles. The highest BCUT2D eigenvalue weighted by atomic mass is 16.5. The van der Waals surface area contributed by atoms with Gasteiger partial charge in [0.1, 0.15) is 0 Å². The molecule has 0 N–H and O–H groups in total. The molecule has 2 fully saturated rings. The zero-order valence-corrected chi connectivity index (χ0v) is 14.2. The van der Waals surface area contributed by atoms with E-state index in [-0.39, 0.29) is 17.9 Å². The third-order valence-corrected chi connectivity index (χ3v) is 5.02. The molecule has 0 bridgehead atoms. The number of para-hydroxylation sites is 1. The van der Waals surface area contributed by atoms with E-state index < -0.39 is 0 Å². The van der Waals surface area contributed by atoms with E-state index in [1.54, 1.807) is 0 Å². The van der Waals surface area contributed by atoms with Gasteiger partial charge < -0.3 is 9.64 Å². The van der Waals surface area contributed by atoms with Crippen molar-refractivity contribution in [2.45, 2.75) is 32.7 Å². The Morgan fingerprint density at radius 1 is 1.21 bits per heavy atom. The molecule has 1 amide bonds. The van der Waals surface area contributed by atoms with Gasteiger partial charge >= 0.3 is 0 Å². The molecule has 2 heterocycles. The normalized spacial score (nSPS) is 21.1. The number of amides is 1. The smallest absolute Gasteiger partial charge is 0.226 e. The van der Waals surface area contributed by atoms with E-state index in [1.807, 2.05) is 46.8 Å². The van der Waals surface area contributed by atoms with Crippen LogP contribution in [0.3, 0.4) is 0 Å². The molecule has 24 heavy (non-hydrogen) atoms. The lowest BCUT2D eigenvalue weighted by molar-refractivity contribution is -0.141. The van der Waals surface area contributed by atoms with Gasteiger partial charge in [-0.3, -0.25) is 4.79 Å². The Bertz CT molecular complexity index is 749. The largest absolute Gasteiger partial charge is 0.377 e. The summed E-state index contributed by atoms with van der Waals surface area (Å²) in [5.74, 6) is 0.518. The third kappa shape index (κ3) is 2.63. The Kier molecular flexibility index (Phi) is 3.88. The van der Waals surface area contributed by atoms with Crippen molar-refractivity contribution in [2.75, 3.05) is 19.8 Å². The van der Waals surface area contributed by atoms with E-state index in [0.29, 0.717) is 19.8 Å². The summed E-state index contributed by atoms with van der Waals surface area (Å²) >= 11 is 0. The van der Waals surface area contributed by atoms with E-state index in [0.717, 1.165) is 35.5 Å². The van der Waals surface area contributed by atoms with Gasteiger partial charge in [0.25, 0.3) is 0 Å². The SMILES string of the molecule is Cc1nn(-c2ccccc2)c(C)c1[C@H]1COCCN1C(=O)C1CC1. The lowest BCUT2D eigenvalue weighted by atomic mass is 10.0. The Hall–Kier alpha value is -2.14. The number of aromatic nitrogens is 2. The average molecular weight is 325 g/mol. The van der Waals surface area contributed by atoms with Crippen LogP contribution in [0, 0.1) is 19.8 Å². The van der Waals surface area contributed by atoms with Crippen LogP contribution < -0.4 is 0 Å². The van der Waals surface area contributed by atoms with E-state index in [1.165, 1.54) is 0 Å². The van der Waals surface area contributed by atoms with Gasteiger partial charge in [0, 0.05) is 23.7 Å². The van der Waals surface area contributed by atoms with Crippen molar-refractivity contribution in [2.24, 2.45) is 5.92 Å². The van der Waals surface area contributed by atoms with Gasteiger partial charge in [-0.1, -0.05) is 18.2 Å². The molecule has 0 radical (unpaired) electrons. The van der Waals surface area contributed by atoms with Gasteiger partial charge in [-0.15, -0.1) is 0 Å². The van der Waals surface area contributed by atoms with Crippen molar-refractivity contribution in [3.05, 3.63) is 47.3 Å². The van der Waals surface area contributed by atoms with Crippen LogP contribution in [0.25, 0.3) is 5.69 Å². The number of rotatable bonds is 3. The number of morpholine rings is 1. The number of benzene rings is 1. The summed E-state index contributed by atoms with van der Waals surface area (Å²) in [6.45, 7) is 5.96. The highest BCUT2D eigenvalue weighted by Gasteiger charge is 2.39. The van der Waals surface area contributed by atoms with Gasteiger partial charge in [0.15, 0.2) is 0 Å². The van der Waals surface area contributed by atoms with Crippen LogP contribution in [-0.2, 0) is 9.53 Å². The molecule has 1 aliphatic carbocycles. The van der Waals surface area contributed by atoms with Gasteiger partial charge in [-0.05, 0) is 38.8 Å². The summed E-state index contributed by atoms with van der Waals surface area (Å²) in [5, 5.41) is 4.73. The van der Waals surface area contributed by atoms with Crippen LogP contribution in [0.4, 0.5) is 0 Å². The molecule has 4 rings (SSSR count). The molecule has 0 spiro atoms. The molecule has 1 aromatic heterocycles. The molecule has 0 unspecified atom stereocenters. The van der Waals surface area contributed by atoms with E-state index >= 15 is 0 Å². The third-order valence-electron chi connectivity index (χ3n) is 5.02. The number of carbonyl (C=O) groups excluding carboxylic acids is 1. The maximum absolute atomic E-state index is 12.7. The van der Waals surface area contributed by atoms with Crippen molar-refractivity contribution in [1.29, 1.82) is 0 Å². The number of ether oxygens (including phenoxy) is 1. The average Bonchev–Trinajstić information content (AvgIpc) is 3.41. The van der Waals surface area contributed by atoms with Crippen LogP contribution in [-0.4, -0.2) is 40.3 Å². The predicted octanol–water partition coefficient (Wildman–Crippen LogP) is 2.80.